The summed E-state index contributed by atoms with van der Waals surface area (Å²) >= 11 is 0. The van der Waals surface area contributed by atoms with Gasteiger partial charge in [-0.1, -0.05) is 6.07 Å². The van der Waals surface area contributed by atoms with Crippen molar-refractivity contribution in [3.05, 3.63) is 57.6 Å². The molecule has 0 heterocycles. The van der Waals surface area contributed by atoms with Gasteiger partial charge in [-0.2, -0.15) is 0 Å². The second-order valence-corrected chi connectivity index (χ2v) is 5.08. The van der Waals surface area contributed by atoms with E-state index in [4.69, 9.17) is 0 Å². The summed E-state index contributed by atoms with van der Waals surface area (Å²) in [5, 5.41) is 13.9. The Hall–Kier alpha value is -3.30. The number of methoxy groups -OCH3 is 1. The molecule has 0 aliphatic heterocycles. The zero-order valence-electron chi connectivity index (χ0n) is 13.6. The van der Waals surface area contributed by atoms with Gasteiger partial charge >= 0.3 is 12.3 Å². The fourth-order valence-corrected chi connectivity index (χ4v) is 2.21. The number of esters is 1. The van der Waals surface area contributed by atoms with Crippen LogP contribution in [0.3, 0.4) is 0 Å². The van der Waals surface area contributed by atoms with E-state index in [1.165, 1.54) is 19.2 Å². The lowest BCUT2D eigenvalue weighted by Gasteiger charge is -2.14. The molecular formula is C16H13F3N2O5. The number of carbonyl (C=O) groups excluding carboxylic acids is 1. The summed E-state index contributed by atoms with van der Waals surface area (Å²) in [6.07, 6.45) is -4.96. The van der Waals surface area contributed by atoms with Gasteiger partial charge in [0.15, 0.2) is 0 Å². The summed E-state index contributed by atoms with van der Waals surface area (Å²) in [6.45, 7) is 1.60. The molecule has 0 unspecified atom stereocenters. The van der Waals surface area contributed by atoms with Gasteiger partial charge in [0, 0.05) is 5.69 Å². The Labute approximate surface area is 145 Å². The van der Waals surface area contributed by atoms with Crippen LogP contribution in [0, 0.1) is 17.0 Å². The van der Waals surface area contributed by atoms with Crippen molar-refractivity contribution in [2.75, 3.05) is 12.4 Å². The topological polar surface area (TPSA) is 90.7 Å². The Balaban J connectivity index is 2.41. The summed E-state index contributed by atoms with van der Waals surface area (Å²) in [5.74, 6) is -1.30. The van der Waals surface area contributed by atoms with Crippen molar-refractivity contribution in [2.45, 2.75) is 13.3 Å². The minimum Gasteiger partial charge on any atom is -0.465 e. The van der Waals surface area contributed by atoms with Crippen LogP contribution in [0.5, 0.6) is 5.75 Å². The zero-order chi connectivity index (χ0) is 19.5. The van der Waals surface area contributed by atoms with E-state index in [1.54, 1.807) is 13.0 Å². The monoisotopic (exact) mass is 370 g/mol. The average Bonchev–Trinajstić information content (AvgIpc) is 2.55. The van der Waals surface area contributed by atoms with Gasteiger partial charge < -0.3 is 14.8 Å². The van der Waals surface area contributed by atoms with Crippen molar-refractivity contribution in [1.82, 2.24) is 0 Å². The van der Waals surface area contributed by atoms with Crippen LogP contribution >= 0.6 is 0 Å². The standard InChI is InChI=1S/C16H13F3N2O5/c1-9-11(15(22)25-2)4-3-5-12(9)20-13-7-6-10(26-16(17,18)19)8-14(13)21(23)24/h3-8,20H,1-2H3. The van der Waals surface area contributed by atoms with Gasteiger partial charge in [0.25, 0.3) is 5.69 Å². The first-order chi connectivity index (χ1) is 12.1. The van der Waals surface area contributed by atoms with Crippen LogP contribution in [0.2, 0.25) is 0 Å². The van der Waals surface area contributed by atoms with Gasteiger partial charge in [-0.25, -0.2) is 4.79 Å². The van der Waals surface area contributed by atoms with E-state index in [-0.39, 0.29) is 11.3 Å². The number of benzene rings is 2. The lowest BCUT2D eigenvalue weighted by atomic mass is 10.1. The third-order valence-corrected chi connectivity index (χ3v) is 3.41. The average molecular weight is 370 g/mol. The first kappa shape index (κ1) is 19.0. The number of rotatable bonds is 5. The molecule has 0 atom stereocenters. The van der Waals surface area contributed by atoms with Gasteiger partial charge in [0.1, 0.15) is 11.4 Å². The molecule has 0 bridgehead atoms. The van der Waals surface area contributed by atoms with Gasteiger partial charge in [-0.3, -0.25) is 10.1 Å². The molecule has 1 N–H and O–H groups in total. The molecule has 26 heavy (non-hydrogen) atoms. The minimum atomic E-state index is -4.96. The number of alkyl halides is 3. The van der Waals surface area contributed by atoms with Crippen LogP contribution < -0.4 is 10.1 Å². The van der Waals surface area contributed by atoms with E-state index in [1.807, 2.05) is 0 Å². The molecule has 0 aliphatic rings. The Morgan fingerprint density at radius 3 is 2.46 bits per heavy atom. The van der Waals surface area contributed by atoms with Gasteiger partial charge in [0.2, 0.25) is 0 Å². The fourth-order valence-electron chi connectivity index (χ4n) is 2.21. The number of carbonyl (C=O) groups is 1. The first-order valence-corrected chi connectivity index (χ1v) is 7.11. The predicted molar refractivity (Wildman–Crippen MR) is 85.6 cm³/mol. The van der Waals surface area contributed by atoms with E-state index >= 15 is 0 Å². The number of anilines is 2. The van der Waals surface area contributed by atoms with E-state index in [0.29, 0.717) is 17.3 Å². The molecule has 7 nitrogen and oxygen atoms in total. The van der Waals surface area contributed by atoms with Gasteiger partial charge in [0.05, 0.1) is 23.7 Å². The van der Waals surface area contributed by atoms with E-state index in [2.05, 4.69) is 14.8 Å². The van der Waals surface area contributed by atoms with Gasteiger partial charge in [-0.05, 0) is 36.8 Å². The minimum absolute atomic E-state index is 0.0605. The lowest BCUT2D eigenvalue weighted by Crippen LogP contribution is -2.17. The molecule has 10 heteroatoms. The smallest absolute Gasteiger partial charge is 0.465 e. The summed E-state index contributed by atoms with van der Waals surface area (Å²) in [5.41, 5.74) is 0.395. The third-order valence-electron chi connectivity index (χ3n) is 3.41. The van der Waals surface area contributed by atoms with Crippen molar-refractivity contribution < 1.29 is 32.4 Å². The molecule has 0 aliphatic carbocycles. The molecule has 0 amide bonds. The van der Waals surface area contributed by atoms with Crippen molar-refractivity contribution in [3.8, 4) is 5.75 Å². The number of nitrogens with one attached hydrogen (secondary N) is 1. The molecule has 2 rings (SSSR count). The fraction of sp³-hybridized carbons (Fsp3) is 0.188. The molecule has 0 fully saturated rings. The highest BCUT2D eigenvalue weighted by Gasteiger charge is 2.32. The Kier molecular flexibility index (Phi) is 5.34. The summed E-state index contributed by atoms with van der Waals surface area (Å²) in [6, 6.07) is 7.31. The Morgan fingerprint density at radius 1 is 1.19 bits per heavy atom. The third kappa shape index (κ3) is 4.41. The summed E-state index contributed by atoms with van der Waals surface area (Å²) in [7, 11) is 1.21. The molecule has 2 aromatic carbocycles. The molecule has 2 aromatic rings. The second-order valence-electron chi connectivity index (χ2n) is 5.08. The van der Waals surface area contributed by atoms with Crippen molar-refractivity contribution in [3.63, 3.8) is 0 Å². The van der Waals surface area contributed by atoms with Crippen LogP contribution in [-0.2, 0) is 4.74 Å². The molecule has 0 radical (unpaired) electrons. The highest BCUT2D eigenvalue weighted by atomic mass is 19.4. The van der Waals surface area contributed by atoms with E-state index in [9.17, 15) is 28.1 Å². The Bertz CT molecular complexity index is 852. The number of hydrogen-bond donors (Lipinski definition) is 1. The highest BCUT2D eigenvalue weighted by Crippen LogP contribution is 2.34. The summed E-state index contributed by atoms with van der Waals surface area (Å²) in [4.78, 5) is 22.1. The maximum atomic E-state index is 12.3. The second kappa shape index (κ2) is 7.30. The maximum absolute atomic E-state index is 12.3. The SMILES string of the molecule is COC(=O)c1cccc(Nc2ccc(OC(F)(F)F)cc2[N+](=O)[O-])c1C. The first-order valence-electron chi connectivity index (χ1n) is 7.11. The van der Waals surface area contributed by atoms with E-state index in [0.717, 1.165) is 12.1 Å². The van der Waals surface area contributed by atoms with Crippen molar-refractivity contribution in [1.29, 1.82) is 0 Å². The van der Waals surface area contributed by atoms with Crippen LogP contribution in [-0.4, -0.2) is 24.4 Å². The number of nitro benzene ring substituents is 1. The molecule has 138 valence electrons. The molecule has 0 saturated carbocycles. The van der Waals surface area contributed by atoms with Crippen LogP contribution in [0.1, 0.15) is 15.9 Å². The molecule has 0 spiro atoms. The quantitative estimate of drug-likeness (QED) is 0.479. The van der Waals surface area contributed by atoms with Crippen LogP contribution in [0.25, 0.3) is 0 Å². The number of halogens is 3. The summed E-state index contributed by atoms with van der Waals surface area (Å²) < 4.78 is 45.2. The zero-order valence-corrected chi connectivity index (χ0v) is 13.6. The van der Waals surface area contributed by atoms with E-state index < -0.39 is 28.7 Å². The highest BCUT2D eigenvalue weighted by molar-refractivity contribution is 5.93. The number of nitrogens with zero attached hydrogens (tertiary/aromatic N) is 1. The van der Waals surface area contributed by atoms with Crippen LogP contribution in [0.4, 0.5) is 30.2 Å². The van der Waals surface area contributed by atoms with Crippen molar-refractivity contribution in [2.24, 2.45) is 0 Å². The molecular weight excluding hydrogens is 357 g/mol. The van der Waals surface area contributed by atoms with Gasteiger partial charge in [-0.15, -0.1) is 13.2 Å². The Morgan fingerprint density at radius 2 is 1.88 bits per heavy atom. The number of hydrogen-bond acceptors (Lipinski definition) is 6. The normalized spacial score (nSPS) is 11.0. The largest absolute Gasteiger partial charge is 0.573 e. The van der Waals surface area contributed by atoms with Crippen LogP contribution in [0.15, 0.2) is 36.4 Å². The molecule has 0 aromatic heterocycles. The number of nitro groups is 1. The number of ether oxygens (including phenoxy) is 2. The predicted octanol–water partition coefficient (Wildman–Crippen LogP) is 4.33. The lowest BCUT2D eigenvalue weighted by molar-refractivity contribution is -0.384. The maximum Gasteiger partial charge on any atom is 0.573 e. The van der Waals surface area contributed by atoms with Crippen molar-refractivity contribution >= 4 is 23.0 Å². The molecule has 0 saturated heterocycles.